The van der Waals surface area contributed by atoms with E-state index < -0.39 is 126 Å². The van der Waals surface area contributed by atoms with E-state index in [0.717, 1.165) is 22.3 Å². The third kappa shape index (κ3) is 24.1. The first-order valence-corrected chi connectivity index (χ1v) is 29.0. The van der Waals surface area contributed by atoms with Crippen LogP contribution in [-0.2, 0) is 86.1 Å². The summed E-state index contributed by atoms with van der Waals surface area (Å²) in [5.41, 5.74) is 3.38. The summed E-state index contributed by atoms with van der Waals surface area (Å²) in [5, 5.41) is 39.6. The largest absolute Gasteiger partial charge is 0.490 e. The topological polar surface area (TPSA) is 308 Å². The Labute approximate surface area is 523 Å². The van der Waals surface area contributed by atoms with E-state index in [1.807, 2.05) is 112 Å². The molecular weight excluding hydrogens is 1250 g/mol. The first kappa shape index (κ1) is 75.6. The first-order chi connectivity index (χ1) is 42.6. The van der Waals surface area contributed by atoms with Crippen LogP contribution in [0.2, 0.25) is 0 Å². The standard InChI is InChI=1S/C54H73N5O12.3C2HF3O2/c1-52(2,3)57-50(64)40-32-58(30-35-18-15-23-55-29-35)24-25-59(40)31-38(60)27-37(26-34-16-9-8-10-17-34)49(63)56-45-39-20-12-11-19-36(39)28-41(45)66-43(61)21-13-14-22-44(62)67-47-46(42-33-65-53(4,5)69-42)68-51-48(47)70-54(6,7)71-51;3*3-2(4,5)1(6)7/h8-12,15-20,23,29,37-38,40-42,45-48,51,60H,13-14,21-22,24-28,30-33H2,1-7H3,(H,56,63)(H,57,64);3*(H,6,7)/t37-,38+,40+,41-,42?,45+,46-,47+,48+,51?;;;/m1.../s1. The number of carboxylic acids is 3. The van der Waals surface area contributed by atoms with E-state index >= 15 is 0 Å². The summed E-state index contributed by atoms with van der Waals surface area (Å²) in [7, 11) is 0. The molecular formula is C60H76F9N5O18. The number of hydrogen-bond donors (Lipinski definition) is 6. The monoisotopic (exact) mass is 1330 g/mol. The summed E-state index contributed by atoms with van der Waals surface area (Å²) in [6.07, 6.45) is -14.8. The van der Waals surface area contributed by atoms with Crippen LogP contribution >= 0.6 is 0 Å². The number of fused-ring (bicyclic) bond motifs is 2. The van der Waals surface area contributed by atoms with Gasteiger partial charge in [-0.2, -0.15) is 39.5 Å². The number of ether oxygens (including phenoxy) is 7. The third-order valence-electron chi connectivity index (χ3n) is 14.4. The van der Waals surface area contributed by atoms with E-state index in [2.05, 4.69) is 20.5 Å². The fourth-order valence-electron chi connectivity index (χ4n) is 10.4. The number of carbonyl (C=O) groups excluding carboxylic acids is 4. The molecule has 32 heteroatoms. The lowest BCUT2D eigenvalue weighted by molar-refractivity contribution is -0.235. The van der Waals surface area contributed by atoms with E-state index in [9.17, 15) is 63.8 Å². The van der Waals surface area contributed by atoms with Crippen LogP contribution in [0.1, 0.15) is 109 Å². The molecule has 4 aliphatic heterocycles. The molecule has 1 aromatic heterocycles. The number of piperazine rings is 1. The van der Waals surface area contributed by atoms with Gasteiger partial charge in [0.15, 0.2) is 30.1 Å². The van der Waals surface area contributed by atoms with Crippen LogP contribution in [-0.4, -0.2) is 194 Å². The Kier molecular flexibility index (Phi) is 26.5. The number of carbonyl (C=O) groups is 7. The highest BCUT2D eigenvalue weighted by Crippen LogP contribution is 2.42. The second-order valence-electron chi connectivity index (χ2n) is 24.0. The van der Waals surface area contributed by atoms with Crippen molar-refractivity contribution >= 4 is 41.7 Å². The number of halogens is 9. The average Bonchev–Trinajstić information content (AvgIpc) is 1.60. The van der Waals surface area contributed by atoms with Gasteiger partial charge >= 0.3 is 48.4 Å². The number of carboxylic acid groups (broad SMARTS) is 3. The number of amides is 2. The first-order valence-electron chi connectivity index (χ1n) is 29.0. The second-order valence-corrected chi connectivity index (χ2v) is 24.0. The average molecular weight is 1330 g/mol. The number of nitrogens with one attached hydrogen (secondary N) is 2. The van der Waals surface area contributed by atoms with Gasteiger partial charge in [-0.3, -0.25) is 34.0 Å². The molecule has 0 saturated carbocycles. The molecule has 2 aromatic carbocycles. The number of nitrogens with zero attached hydrogens (tertiary/aromatic N) is 3. The van der Waals surface area contributed by atoms with Crippen molar-refractivity contribution in [1.82, 2.24) is 25.4 Å². The fraction of sp³-hybridized carbons (Fsp3) is 0.600. The zero-order valence-electron chi connectivity index (χ0n) is 51.2. The molecule has 4 fully saturated rings. The number of pyridine rings is 1. The van der Waals surface area contributed by atoms with Gasteiger partial charge in [-0.1, -0.05) is 60.7 Å². The molecule has 5 aliphatic rings. The Bertz CT molecular complexity index is 2900. The van der Waals surface area contributed by atoms with Crippen molar-refractivity contribution in [2.24, 2.45) is 5.92 Å². The van der Waals surface area contributed by atoms with E-state index in [0.29, 0.717) is 51.9 Å². The van der Waals surface area contributed by atoms with Crippen molar-refractivity contribution in [3.63, 3.8) is 0 Å². The van der Waals surface area contributed by atoms with Gasteiger partial charge in [-0.15, -0.1) is 0 Å². The van der Waals surface area contributed by atoms with Gasteiger partial charge in [0, 0.05) is 75.8 Å². The fourth-order valence-corrected chi connectivity index (χ4v) is 10.4. The molecule has 0 bridgehead atoms. The lowest BCUT2D eigenvalue weighted by atomic mass is 9.91. The van der Waals surface area contributed by atoms with E-state index in [1.165, 1.54) is 0 Å². The Morgan fingerprint density at radius 2 is 1.28 bits per heavy atom. The number of hydrogen-bond acceptors (Lipinski definition) is 18. The third-order valence-corrected chi connectivity index (χ3v) is 14.4. The van der Waals surface area contributed by atoms with E-state index in [4.69, 9.17) is 62.9 Å². The molecule has 2 unspecified atom stereocenters. The van der Waals surface area contributed by atoms with Gasteiger partial charge in [0.05, 0.1) is 18.8 Å². The number of aromatic nitrogens is 1. The minimum atomic E-state index is -5.08. The zero-order chi connectivity index (χ0) is 68.7. The quantitative estimate of drug-likeness (QED) is 0.0407. The van der Waals surface area contributed by atoms with Gasteiger partial charge in [0.25, 0.3) is 0 Å². The lowest BCUT2D eigenvalue weighted by Gasteiger charge is -2.42. The number of unbranched alkanes of at least 4 members (excludes halogenated alkanes) is 1. The molecule has 10 atom stereocenters. The van der Waals surface area contributed by atoms with Crippen molar-refractivity contribution in [1.29, 1.82) is 0 Å². The molecule has 6 N–H and O–H groups in total. The second kappa shape index (κ2) is 32.2. The van der Waals surface area contributed by atoms with Crippen LogP contribution in [0.4, 0.5) is 39.5 Å². The minimum Gasteiger partial charge on any atom is -0.475 e. The summed E-state index contributed by atoms with van der Waals surface area (Å²) in [6.45, 7) is 15.9. The maximum absolute atomic E-state index is 14.6. The Morgan fingerprint density at radius 1 is 0.717 bits per heavy atom. The van der Waals surface area contributed by atoms with Crippen molar-refractivity contribution in [2.75, 3.05) is 32.8 Å². The normalized spacial score (nSPS) is 24.1. The number of rotatable bonds is 19. The maximum atomic E-state index is 14.6. The summed E-state index contributed by atoms with van der Waals surface area (Å²) in [6, 6.07) is 20.2. The molecule has 92 heavy (non-hydrogen) atoms. The summed E-state index contributed by atoms with van der Waals surface area (Å²) in [4.78, 5) is 90.4. The van der Waals surface area contributed by atoms with Gasteiger partial charge in [0.1, 0.15) is 24.4 Å². The molecule has 0 spiro atoms. The Balaban J connectivity index is 0.000000628. The number of aliphatic hydroxyl groups is 1. The number of alkyl halides is 9. The maximum Gasteiger partial charge on any atom is 0.490 e. The van der Waals surface area contributed by atoms with Crippen LogP contribution in [0, 0.1) is 5.92 Å². The number of aliphatic hydroxyl groups excluding tert-OH is 1. The Hall–Kier alpha value is -7.07. The number of benzene rings is 2. The highest BCUT2D eigenvalue weighted by molar-refractivity contribution is 5.83. The highest BCUT2D eigenvalue weighted by atomic mass is 19.4. The molecule has 5 heterocycles. The number of esters is 2. The van der Waals surface area contributed by atoms with Crippen molar-refractivity contribution in [3.8, 4) is 0 Å². The molecule has 1 aliphatic carbocycles. The Morgan fingerprint density at radius 3 is 1.83 bits per heavy atom. The van der Waals surface area contributed by atoms with Crippen molar-refractivity contribution in [3.05, 3.63) is 101 Å². The van der Waals surface area contributed by atoms with Crippen LogP contribution < -0.4 is 10.6 Å². The van der Waals surface area contributed by atoms with Gasteiger partial charge in [0.2, 0.25) is 11.8 Å². The summed E-state index contributed by atoms with van der Waals surface area (Å²) >= 11 is 0. The summed E-state index contributed by atoms with van der Waals surface area (Å²) in [5.74, 6) is -11.9. The smallest absolute Gasteiger partial charge is 0.475 e. The van der Waals surface area contributed by atoms with E-state index in [1.54, 1.807) is 20.0 Å². The number of β-amino-alcohol motifs (C(OH)–C–C–N with tert-alkyl or cyclic N) is 1. The van der Waals surface area contributed by atoms with Crippen molar-refractivity contribution in [2.45, 2.75) is 191 Å². The minimum absolute atomic E-state index is 0.0566. The van der Waals surface area contributed by atoms with Crippen LogP contribution in [0.15, 0.2) is 79.1 Å². The van der Waals surface area contributed by atoms with Crippen LogP contribution in [0.5, 0.6) is 0 Å². The highest BCUT2D eigenvalue weighted by Gasteiger charge is 2.60. The molecule has 23 nitrogen and oxygen atoms in total. The van der Waals surface area contributed by atoms with Crippen LogP contribution in [0.3, 0.4) is 0 Å². The molecule has 512 valence electrons. The molecule has 4 saturated heterocycles. The SMILES string of the molecule is CC(C)(C)NC(=O)[C@@H]1CN(Cc2cccnc2)CCN1C[C@@H](O)C[C@@H](Cc1ccccc1)C(=O)N[C@H]1c2ccccc2C[C@H]1OC(=O)CCCCC(=O)O[C@H]1[C@@H](C2COC(C)(C)O2)OC2OC(C)(C)O[C@H]21.O=C(O)C(F)(F)F.O=C(O)C(F)(F)F.O=C(O)C(F)(F)F. The predicted octanol–water partition coefficient (Wildman–Crippen LogP) is 6.82. The van der Waals surface area contributed by atoms with Gasteiger partial charge in [-0.25, -0.2) is 14.4 Å². The molecule has 3 aromatic rings. The van der Waals surface area contributed by atoms with E-state index in [-0.39, 0.29) is 44.2 Å². The molecule has 2 amide bonds. The van der Waals surface area contributed by atoms with Crippen LogP contribution in [0.25, 0.3) is 0 Å². The summed E-state index contributed by atoms with van der Waals surface area (Å²) < 4.78 is 137. The number of aliphatic carboxylic acids is 3. The molecule has 0 radical (unpaired) electrons. The lowest BCUT2D eigenvalue weighted by Crippen LogP contribution is -2.61. The molecule has 8 rings (SSSR count). The predicted molar refractivity (Wildman–Crippen MR) is 301 cm³/mol. The van der Waals surface area contributed by atoms with Gasteiger partial charge < -0.3 is 64.2 Å². The zero-order valence-corrected chi connectivity index (χ0v) is 51.2. The van der Waals surface area contributed by atoms with Crippen molar-refractivity contribution < 1.29 is 127 Å². The van der Waals surface area contributed by atoms with Gasteiger partial charge in [-0.05, 0) is 102 Å².